The number of benzene rings is 2. The van der Waals surface area contributed by atoms with Crippen LogP contribution in [-0.4, -0.2) is 58.6 Å². The van der Waals surface area contributed by atoms with Gasteiger partial charge in [0.05, 0.1) is 19.8 Å². The van der Waals surface area contributed by atoms with Gasteiger partial charge in [-0.3, -0.25) is 14.4 Å². The number of alkyl halides is 1. The van der Waals surface area contributed by atoms with Crippen LogP contribution < -0.4 is 25.2 Å². The summed E-state index contributed by atoms with van der Waals surface area (Å²) in [6, 6.07) is 7.08. The molecule has 1 aliphatic rings. The molecule has 0 radical (unpaired) electrons. The minimum absolute atomic E-state index is 0.0667. The average Bonchev–Trinajstić information content (AvgIpc) is 3.24. The van der Waals surface area contributed by atoms with E-state index in [1.807, 2.05) is 9.24 Å². The molecule has 0 aliphatic carbocycles. The second-order valence-electron chi connectivity index (χ2n) is 9.27. The molecule has 5 atom stereocenters. The lowest BCUT2D eigenvalue weighted by Crippen LogP contribution is -2.45. The number of ether oxygens (including phenoxy) is 2. The van der Waals surface area contributed by atoms with Crippen LogP contribution in [-0.2, 0) is 11.3 Å². The number of aliphatic hydroxyl groups is 1. The molecule has 3 aromatic rings. The van der Waals surface area contributed by atoms with E-state index in [9.17, 15) is 23.9 Å². The van der Waals surface area contributed by atoms with E-state index in [-0.39, 0.29) is 35.8 Å². The number of amides is 2. The maximum Gasteiger partial charge on any atom is 0.290 e. The zero-order valence-corrected chi connectivity index (χ0v) is 23.2. The highest BCUT2D eigenvalue weighted by Crippen LogP contribution is 2.36. The smallest absolute Gasteiger partial charge is 0.290 e. The van der Waals surface area contributed by atoms with Gasteiger partial charge >= 0.3 is 0 Å². The van der Waals surface area contributed by atoms with Crippen molar-refractivity contribution in [1.82, 2.24) is 15.1 Å². The molecule has 1 aliphatic heterocycles. The van der Waals surface area contributed by atoms with E-state index < -0.39 is 58.7 Å². The van der Waals surface area contributed by atoms with Crippen molar-refractivity contribution in [1.29, 1.82) is 0 Å². The monoisotopic (exact) mass is 592 g/mol. The number of hydrogen-bond acceptors (Lipinski definition) is 7. The Morgan fingerprint density at radius 3 is 2.41 bits per heavy atom. The number of aliphatic hydroxyl groups excluding tert-OH is 1. The van der Waals surface area contributed by atoms with Gasteiger partial charge < -0.3 is 24.8 Å². The SMILES string of the molecule is CCC(O)Cn1nccc(N2C[C@@H](c3c(F)cc(OC)cc3F)[C@H](NC(=O)c3ccc(OC(F)P)cc3)C2=O)c1=O. The van der Waals surface area contributed by atoms with E-state index in [1.165, 1.54) is 43.6 Å². The van der Waals surface area contributed by atoms with Crippen LogP contribution in [0.3, 0.4) is 0 Å². The van der Waals surface area contributed by atoms with Gasteiger partial charge in [-0.05, 0) is 36.8 Å². The lowest BCUT2D eigenvalue weighted by molar-refractivity contribution is -0.118. The van der Waals surface area contributed by atoms with Crippen molar-refractivity contribution in [3.63, 3.8) is 0 Å². The van der Waals surface area contributed by atoms with Crippen LogP contribution in [0.1, 0.15) is 35.2 Å². The Morgan fingerprint density at radius 2 is 1.83 bits per heavy atom. The molecule has 2 aromatic carbocycles. The van der Waals surface area contributed by atoms with Gasteiger partial charge in [0.1, 0.15) is 34.9 Å². The number of rotatable bonds is 10. The van der Waals surface area contributed by atoms with E-state index in [0.29, 0.717) is 6.42 Å². The number of nitrogens with one attached hydrogen (secondary N) is 1. The number of hydrogen-bond donors (Lipinski definition) is 2. The van der Waals surface area contributed by atoms with E-state index in [2.05, 4.69) is 10.4 Å². The summed E-state index contributed by atoms with van der Waals surface area (Å²) in [5, 5.41) is 16.5. The van der Waals surface area contributed by atoms with Gasteiger partial charge in [0.25, 0.3) is 11.5 Å². The minimum atomic E-state index is -1.66. The third-order valence-electron chi connectivity index (χ3n) is 6.66. The largest absolute Gasteiger partial charge is 0.497 e. The van der Waals surface area contributed by atoms with Gasteiger partial charge in [-0.1, -0.05) is 16.2 Å². The molecule has 0 bridgehead atoms. The molecule has 10 nitrogen and oxygen atoms in total. The Morgan fingerprint density at radius 1 is 1.17 bits per heavy atom. The summed E-state index contributed by atoms with van der Waals surface area (Å²) in [5.41, 5.74) is -1.24. The van der Waals surface area contributed by atoms with E-state index >= 15 is 8.78 Å². The Kier molecular flexibility index (Phi) is 9.29. The molecule has 1 aromatic heterocycles. The third kappa shape index (κ3) is 6.52. The van der Waals surface area contributed by atoms with Crippen molar-refractivity contribution in [2.24, 2.45) is 0 Å². The van der Waals surface area contributed by atoms with Gasteiger partial charge in [0.15, 0.2) is 0 Å². The fourth-order valence-corrected chi connectivity index (χ4v) is 4.70. The van der Waals surface area contributed by atoms with Crippen LogP contribution in [0, 0.1) is 11.6 Å². The summed E-state index contributed by atoms with van der Waals surface area (Å²) in [6.45, 7) is 1.25. The van der Waals surface area contributed by atoms with Crippen molar-refractivity contribution < 1.29 is 37.3 Å². The number of methoxy groups -OCH3 is 1. The van der Waals surface area contributed by atoms with Crippen LogP contribution in [0.15, 0.2) is 53.5 Å². The van der Waals surface area contributed by atoms with Crippen LogP contribution in [0.25, 0.3) is 0 Å². The zero-order valence-electron chi connectivity index (χ0n) is 22.1. The third-order valence-corrected chi connectivity index (χ3v) is 6.80. The van der Waals surface area contributed by atoms with E-state index in [4.69, 9.17) is 9.47 Å². The molecular formula is C27H28F3N4O6P. The number of aromatic nitrogens is 2. The number of anilines is 1. The highest BCUT2D eigenvalue weighted by Gasteiger charge is 2.46. The molecule has 2 heterocycles. The maximum absolute atomic E-state index is 15.2. The van der Waals surface area contributed by atoms with Crippen LogP contribution in [0.5, 0.6) is 11.5 Å². The molecule has 14 heteroatoms. The number of halogens is 3. The summed E-state index contributed by atoms with van der Waals surface area (Å²) >= 11 is 0. The predicted octanol–water partition coefficient (Wildman–Crippen LogP) is 2.74. The first-order chi connectivity index (χ1) is 19.5. The van der Waals surface area contributed by atoms with Crippen molar-refractivity contribution in [2.75, 3.05) is 18.6 Å². The Hall–Kier alpha value is -3.96. The van der Waals surface area contributed by atoms with E-state index in [1.54, 1.807) is 6.92 Å². The van der Waals surface area contributed by atoms with Crippen molar-refractivity contribution in [2.45, 2.75) is 44.1 Å². The topological polar surface area (TPSA) is 123 Å². The molecular weight excluding hydrogens is 564 g/mol. The van der Waals surface area contributed by atoms with E-state index in [0.717, 1.165) is 21.7 Å². The first-order valence-electron chi connectivity index (χ1n) is 12.6. The molecule has 2 N–H and O–H groups in total. The molecule has 0 spiro atoms. The lowest BCUT2D eigenvalue weighted by Gasteiger charge is -2.20. The van der Waals surface area contributed by atoms with Crippen LogP contribution in [0.2, 0.25) is 0 Å². The predicted molar refractivity (Wildman–Crippen MR) is 146 cm³/mol. The second-order valence-corrected chi connectivity index (χ2v) is 9.79. The van der Waals surface area contributed by atoms with Crippen LogP contribution >= 0.6 is 9.24 Å². The number of nitrogens with zero attached hydrogens (tertiary/aromatic N) is 3. The van der Waals surface area contributed by atoms with Gasteiger partial charge in [-0.15, -0.1) is 0 Å². The zero-order chi connectivity index (χ0) is 29.8. The molecule has 0 saturated carbocycles. The Labute approximate surface area is 235 Å². The molecule has 1 saturated heterocycles. The summed E-state index contributed by atoms with van der Waals surface area (Å²) in [5.74, 6) is -4.72. The highest BCUT2D eigenvalue weighted by molar-refractivity contribution is 7.16. The first-order valence-corrected chi connectivity index (χ1v) is 13.3. The van der Waals surface area contributed by atoms with Crippen molar-refractivity contribution in [3.05, 3.63) is 81.8 Å². The summed E-state index contributed by atoms with van der Waals surface area (Å²) in [7, 11) is 3.06. The Balaban J connectivity index is 1.72. The molecule has 4 rings (SSSR count). The highest BCUT2D eigenvalue weighted by atomic mass is 31.0. The number of carbonyl (C=O) groups is 2. The van der Waals surface area contributed by atoms with Crippen molar-refractivity contribution in [3.8, 4) is 11.5 Å². The van der Waals surface area contributed by atoms with Gasteiger partial charge in [-0.2, -0.15) is 9.49 Å². The minimum Gasteiger partial charge on any atom is -0.497 e. The standard InChI is InChI=1S/C27H28F3N4O6P/c1-3-15(35)12-34-25(37)21(8-9-31-34)33-13-18(22-19(28)10-17(39-2)11-20(22)29)23(26(33)38)32-24(36)14-4-6-16(7-5-14)40-27(30)41/h4-11,15,18,23,27,35H,3,12-13,41H2,1-2H3,(H,32,36)/t15?,18-,23-,27?/m0/s1. The van der Waals surface area contributed by atoms with Gasteiger partial charge in [-0.25, -0.2) is 13.5 Å². The maximum atomic E-state index is 15.2. The molecule has 2 amide bonds. The summed E-state index contributed by atoms with van der Waals surface area (Å²) < 4.78 is 54.3. The fraction of sp³-hybridized carbons (Fsp3) is 0.333. The molecule has 1 fully saturated rings. The Bertz CT molecular complexity index is 1460. The lowest BCUT2D eigenvalue weighted by atomic mass is 9.92. The summed E-state index contributed by atoms with van der Waals surface area (Å²) in [4.78, 5) is 41.0. The van der Waals surface area contributed by atoms with Gasteiger partial charge in [0, 0.05) is 41.9 Å². The second kappa shape index (κ2) is 12.7. The molecule has 3 unspecified atom stereocenters. The van der Waals surface area contributed by atoms with Crippen molar-refractivity contribution >= 4 is 26.7 Å². The average molecular weight is 593 g/mol. The first kappa shape index (κ1) is 30.0. The summed E-state index contributed by atoms with van der Waals surface area (Å²) in [6.07, 6.45) is -0.903. The van der Waals surface area contributed by atoms with Gasteiger partial charge in [0.2, 0.25) is 12.0 Å². The normalized spacial score (nSPS) is 18.2. The quantitative estimate of drug-likeness (QED) is 0.347. The molecule has 41 heavy (non-hydrogen) atoms. The van der Waals surface area contributed by atoms with Crippen LogP contribution in [0.4, 0.5) is 18.9 Å². The molecule has 218 valence electrons. The fourth-order valence-electron chi connectivity index (χ4n) is 4.55. The number of carbonyl (C=O) groups excluding carboxylic acids is 2.